The van der Waals surface area contributed by atoms with Gasteiger partial charge in [-0.25, -0.2) is 9.18 Å². The zero-order valence-corrected chi connectivity index (χ0v) is 25.9. The van der Waals surface area contributed by atoms with E-state index in [1.807, 2.05) is 20.8 Å². The number of rotatable bonds is 7. The first kappa shape index (κ1) is 28.8. The van der Waals surface area contributed by atoms with Gasteiger partial charge < -0.3 is 24.0 Å². The van der Waals surface area contributed by atoms with Crippen LogP contribution in [0.15, 0.2) is 4.47 Å². The molecule has 2 bridgehead atoms. The zero-order valence-electron chi connectivity index (χ0n) is 23.5. The van der Waals surface area contributed by atoms with Crippen molar-refractivity contribution in [2.24, 2.45) is 5.41 Å². The highest BCUT2D eigenvalue weighted by Gasteiger charge is 2.46. The Morgan fingerprint density at radius 1 is 1.12 bits per heavy atom. The minimum absolute atomic E-state index is 0.00774. The largest absolute Gasteiger partial charge is 0.463 e. The average molecular weight is 658 g/mol. The third-order valence-electron chi connectivity index (χ3n) is 8.12. The zero-order chi connectivity index (χ0) is 29.3. The van der Waals surface area contributed by atoms with Crippen LogP contribution in [0, 0.1) is 11.2 Å². The number of hydrogen-bond acceptors (Lipinski definition) is 10. The van der Waals surface area contributed by atoms with Crippen molar-refractivity contribution in [3.8, 4) is 6.01 Å². The number of likely N-dealkylation sites (tertiary alicyclic amines) is 1. The number of anilines is 1. The number of aromatic nitrogens is 2. The molecule has 14 heteroatoms. The van der Waals surface area contributed by atoms with Gasteiger partial charge in [0.2, 0.25) is 0 Å². The lowest BCUT2D eigenvalue weighted by molar-refractivity contribution is 0.0209. The van der Waals surface area contributed by atoms with Crippen LogP contribution in [-0.2, 0) is 37.0 Å². The first-order chi connectivity index (χ1) is 19.2. The third-order valence-corrected chi connectivity index (χ3v) is 9.49. The molecule has 4 aliphatic rings. The summed E-state index contributed by atoms with van der Waals surface area (Å²) in [6, 6.07) is -0.0820. The number of benzene rings is 1. The lowest BCUT2D eigenvalue weighted by atomic mass is 10.0. The summed E-state index contributed by atoms with van der Waals surface area (Å²) in [4.78, 5) is 26.2. The van der Waals surface area contributed by atoms with Gasteiger partial charge in [-0.2, -0.15) is 18.4 Å². The minimum atomic E-state index is -3.59. The number of fused-ring (bicyclic) bond motifs is 5. The number of halogens is 2. The summed E-state index contributed by atoms with van der Waals surface area (Å²) in [7, 11) is -3.59. The number of amides is 1. The maximum absolute atomic E-state index is 15.8. The molecule has 1 saturated carbocycles. The van der Waals surface area contributed by atoms with Gasteiger partial charge in [-0.15, -0.1) is 0 Å². The Kier molecular flexibility index (Phi) is 7.14. The number of hydrogen-bond donors (Lipinski definition) is 0. The minimum Gasteiger partial charge on any atom is -0.463 e. The van der Waals surface area contributed by atoms with E-state index in [-0.39, 0.29) is 49.5 Å². The van der Waals surface area contributed by atoms with Crippen molar-refractivity contribution in [2.75, 3.05) is 37.5 Å². The molecular weight excluding hydrogens is 623 g/mol. The molecule has 2 atom stereocenters. The molecule has 0 N–H and O–H groups in total. The molecule has 6 rings (SSSR count). The van der Waals surface area contributed by atoms with E-state index in [0.29, 0.717) is 35.4 Å². The molecule has 1 amide bonds. The summed E-state index contributed by atoms with van der Waals surface area (Å²) in [5.74, 6) is 0.0470. The Morgan fingerprint density at radius 3 is 2.39 bits per heavy atom. The van der Waals surface area contributed by atoms with Gasteiger partial charge in [-0.1, -0.05) is 0 Å². The van der Waals surface area contributed by atoms with E-state index in [4.69, 9.17) is 23.4 Å². The number of ether oxygens (including phenoxy) is 3. The molecular formula is C27H34BrFN4O7S. The van der Waals surface area contributed by atoms with Crippen LogP contribution < -0.4 is 9.64 Å². The highest BCUT2D eigenvalue weighted by molar-refractivity contribution is 9.10. The number of piperazine rings is 1. The van der Waals surface area contributed by atoms with E-state index in [1.165, 1.54) is 0 Å². The van der Waals surface area contributed by atoms with Gasteiger partial charge in [-0.3, -0.25) is 4.18 Å². The van der Waals surface area contributed by atoms with E-state index < -0.39 is 27.0 Å². The van der Waals surface area contributed by atoms with Crippen molar-refractivity contribution in [1.29, 1.82) is 0 Å². The van der Waals surface area contributed by atoms with Gasteiger partial charge in [0.05, 0.1) is 42.5 Å². The van der Waals surface area contributed by atoms with E-state index in [0.717, 1.165) is 43.1 Å². The Bertz CT molecular complexity index is 1500. The van der Waals surface area contributed by atoms with Gasteiger partial charge in [0.25, 0.3) is 10.1 Å². The van der Waals surface area contributed by atoms with Crippen LogP contribution in [-0.4, -0.2) is 79.6 Å². The van der Waals surface area contributed by atoms with E-state index in [9.17, 15) is 13.2 Å². The summed E-state index contributed by atoms with van der Waals surface area (Å²) in [5, 5.41) is 0.592. The predicted molar refractivity (Wildman–Crippen MR) is 151 cm³/mol. The molecule has 1 aliphatic carbocycles. The second-order valence-electron chi connectivity index (χ2n) is 12.6. The second kappa shape index (κ2) is 10.2. The second-order valence-corrected chi connectivity index (χ2v) is 15.0. The van der Waals surface area contributed by atoms with Crippen LogP contribution in [0.1, 0.15) is 57.6 Å². The molecule has 41 heavy (non-hydrogen) atoms. The summed E-state index contributed by atoms with van der Waals surface area (Å²) >= 11 is 3.40. The number of nitrogens with zero attached hydrogens (tertiary/aromatic N) is 4. The van der Waals surface area contributed by atoms with Gasteiger partial charge in [0, 0.05) is 36.2 Å². The van der Waals surface area contributed by atoms with Crippen molar-refractivity contribution in [1.82, 2.24) is 14.9 Å². The molecule has 3 fully saturated rings. The van der Waals surface area contributed by atoms with Gasteiger partial charge in [0.1, 0.15) is 16.9 Å². The summed E-state index contributed by atoms with van der Waals surface area (Å²) in [6.07, 6.45) is 3.84. The van der Waals surface area contributed by atoms with Crippen molar-refractivity contribution in [2.45, 2.75) is 77.4 Å². The normalized spacial score (nSPS) is 23.2. The molecule has 2 saturated heterocycles. The Balaban J connectivity index is 1.35. The standard InChI is InChI=1S/C27H34BrFN4O7S/c1-26(2,3)40-25(34)32-9-15-5-6-16(10-32)33(15)23-19-17-11-37-12-18(17)20(28)21(29)22(19)30-24(31-23)38-13-27(7-8-27)14-39-41(4,35)36/h15-16H,5-14H2,1-4H3. The Labute approximate surface area is 246 Å². The fourth-order valence-corrected chi connectivity index (χ4v) is 6.89. The van der Waals surface area contributed by atoms with Crippen molar-refractivity contribution in [3.05, 3.63) is 21.4 Å². The maximum Gasteiger partial charge on any atom is 0.410 e. The fraction of sp³-hybridized carbons (Fsp3) is 0.667. The summed E-state index contributed by atoms with van der Waals surface area (Å²) < 4.78 is 61.6. The molecule has 1 aromatic heterocycles. The lowest BCUT2D eigenvalue weighted by Gasteiger charge is -2.42. The molecule has 2 aromatic rings. The van der Waals surface area contributed by atoms with Gasteiger partial charge >= 0.3 is 12.1 Å². The SMILES string of the molecule is CC(C)(C)OC(=O)N1CC2CCC(C1)N2c1nc(OCC2(COS(C)(=O)=O)CC2)nc2c(F)c(Br)c3c(c12)COC3. The summed E-state index contributed by atoms with van der Waals surface area (Å²) in [6.45, 7) is 7.18. The molecule has 224 valence electrons. The molecule has 0 radical (unpaired) electrons. The van der Waals surface area contributed by atoms with Gasteiger partial charge in [0.15, 0.2) is 5.82 Å². The quantitative estimate of drug-likeness (QED) is 0.399. The molecule has 0 spiro atoms. The van der Waals surface area contributed by atoms with Crippen LogP contribution >= 0.6 is 15.9 Å². The predicted octanol–water partition coefficient (Wildman–Crippen LogP) is 4.28. The molecule has 11 nitrogen and oxygen atoms in total. The van der Waals surface area contributed by atoms with Crippen LogP contribution in [0.2, 0.25) is 0 Å². The van der Waals surface area contributed by atoms with Crippen molar-refractivity contribution < 1.29 is 36.0 Å². The smallest absolute Gasteiger partial charge is 0.410 e. The van der Waals surface area contributed by atoms with Crippen LogP contribution in [0.5, 0.6) is 6.01 Å². The number of carbonyl (C=O) groups excluding carboxylic acids is 1. The Morgan fingerprint density at radius 2 is 1.78 bits per heavy atom. The highest BCUT2D eigenvalue weighted by Crippen LogP contribution is 2.47. The van der Waals surface area contributed by atoms with Crippen LogP contribution in [0.25, 0.3) is 10.9 Å². The lowest BCUT2D eigenvalue weighted by Crippen LogP contribution is -2.56. The maximum atomic E-state index is 15.8. The first-order valence-electron chi connectivity index (χ1n) is 13.8. The van der Waals surface area contributed by atoms with Crippen molar-refractivity contribution in [3.63, 3.8) is 0 Å². The molecule has 4 heterocycles. The molecule has 2 unspecified atom stereocenters. The molecule has 1 aromatic carbocycles. The highest BCUT2D eigenvalue weighted by atomic mass is 79.9. The van der Waals surface area contributed by atoms with Crippen LogP contribution in [0.4, 0.5) is 15.0 Å². The van der Waals surface area contributed by atoms with E-state index in [2.05, 4.69) is 25.8 Å². The monoisotopic (exact) mass is 656 g/mol. The van der Waals surface area contributed by atoms with Crippen molar-refractivity contribution >= 4 is 48.9 Å². The van der Waals surface area contributed by atoms with Gasteiger partial charge in [-0.05, 0) is 67.9 Å². The number of carbonyl (C=O) groups is 1. The Hall–Kier alpha value is -2.29. The first-order valence-corrected chi connectivity index (χ1v) is 16.4. The van der Waals surface area contributed by atoms with E-state index >= 15 is 4.39 Å². The van der Waals surface area contributed by atoms with E-state index in [1.54, 1.807) is 4.90 Å². The molecule has 3 aliphatic heterocycles. The topological polar surface area (TPSA) is 120 Å². The fourth-order valence-electron chi connectivity index (χ4n) is 5.88. The van der Waals surface area contributed by atoms with Crippen LogP contribution in [0.3, 0.4) is 0 Å². The summed E-state index contributed by atoms with van der Waals surface area (Å²) in [5.41, 5.74) is 0.656. The average Bonchev–Trinajstić information content (AvgIpc) is 3.41. The third kappa shape index (κ3) is 5.72.